The van der Waals surface area contributed by atoms with Crippen LogP contribution in [0, 0.1) is 13.8 Å². The fourth-order valence-corrected chi connectivity index (χ4v) is 5.10. The van der Waals surface area contributed by atoms with Gasteiger partial charge < -0.3 is 10.6 Å². The highest BCUT2D eigenvalue weighted by Crippen LogP contribution is 2.20. The van der Waals surface area contributed by atoms with E-state index in [2.05, 4.69) is 15.4 Å². The summed E-state index contributed by atoms with van der Waals surface area (Å²) in [5.41, 5.74) is 3.36. The summed E-state index contributed by atoms with van der Waals surface area (Å²) in [6, 6.07) is 12.3. The predicted molar refractivity (Wildman–Crippen MR) is 125 cm³/mol. The Morgan fingerprint density at radius 1 is 0.938 bits per heavy atom. The van der Waals surface area contributed by atoms with Crippen LogP contribution in [0.25, 0.3) is 0 Å². The van der Waals surface area contributed by atoms with Crippen LogP contribution in [0.1, 0.15) is 48.8 Å². The Balaban J connectivity index is 1.48. The summed E-state index contributed by atoms with van der Waals surface area (Å²) in [5.74, 6) is -1.42. The third-order valence-electron chi connectivity index (χ3n) is 5.71. The van der Waals surface area contributed by atoms with Gasteiger partial charge in [-0.3, -0.25) is 9.59 Å². The van der Waals surface area contributed by atoms with Gasteiger partial charge in [-0.25, -0.2) is 13.1 Å². The molecule has 0 saturated heterocycles. The first-order valence-corrected chi connectivity index (χ1v) is 12.5. The molecule has 0 atom stereocenters. The Morgan fingerprint density at radius 2 is 1.62 bits per heavy atom. The Labute approximate surface area is 190 Å². The van der Waals surface area contributed by atoms with Gasteiger partial charge in [-0.2, -0.15) is 0 Å². The van der Waals surface area contributed by atoms with E-state index < -0.39 is 21.8 Å². The average molecular weight is 458 g/mol. The van der Waals surface area contributed by atoms with Crippen molar-refractivity contribution in [2.45, 2.75) is 63.3 Å². The minimum atomic E-state index is -3.53. The van der Waals surface area contributed by atoms with Crippen LogP contribution in [0.2, 0.25) is 0 Å². The van der Waals surface area contributed by atoms with Crippen molar-refractivity contribution in [2.24, 2.45) is 0 Å². The highest BCUT2D eigenvalue weighted by atomic mass is 32.2. The van der Waals surface area contributed by atoms with E-state index in [1.54, 1.807) is 24.3 Å². The molecule has 0 unspecified atom stereocenters. The van der Waals surface area contributed by atoms with Gasteiger partial charge in [0.05, 0.1) is 4.90 Å². The topological polar surface area (TPSA) is 104 Å². The lowest BCUT2D eigenvalue weighted by molar-refractivity contribution is -0.136. The SMILES string of the molecule is Cc1ccc(C)c(NC(=O)C(=O)NCCc2ccc(S(=O)(=O)NC3CCCCC3)cc2)c1. The minimum absolute atomic E-state index is 0.0124. The number of hydrogen-bond donors (Lipinski definition) is 3. The Bertz CT molecular complexity index is 1060. The molecule has 1 aliphatic carbocycles. The van der Waals surface area contributed by atoms with Gasteiger partial charge in [-0.1, -0.05) is 43.5 Å². The number of carbonyl (C=O) groups is 2. The van der Waals surface area contributed by atoms with Crippen LogP contribution in [0.4, 0.5) is 5.69 Å². The smallest absolute Gasteiger partial charge is 0.313 e. The molecule has 1 saturated carbocycles. The third kappa shape index (κ3) is 6.64. The van der Waals surface area contributed by atoms with Crippen molar-refractivity contribution in [3.63, 3.8) is 0 Å². The molecule has 0 aliphatic heterocycles. The normalized spacial score (nSPS) is 14.7. The number of carbonyl (C=O) groups excluding carboxylic acids is 2. The number of hydrogen-bond acceptors (Lipinski definition) is 4. The molecule has 1 aliphatic rings. The summed E-state index contributed by atoms with van der Waals surface area (Å²) >= 11 is 0. The molecule has 3 N–H and O–H groups in total. The monoisotopic (exact) mass is 457 g/mol. The van der Waals surface area contributed by atoms with Crippen LogP contribution < -0.4 is 15.4 Å². The van der Waals surface area contributed by atoms with Gasteiger partial charge in [-0.05, 0) is 68.0 Å². The second kappa shape index (κ2) is 10.7. The van der Waals surface area contributed by atoms with Crippen molar-refractivity contribution in [3.05, 3.63) is 59.2 Å². The van der Waals surface area contributed by atoms with Crippen LogP contribution in [0.3, 0.4) is 0 Å². The summed E-state index contributed by atoms with van der Waals surface area (Å²) in [7, 11) is -3.53. The van der Waals surface area contributed by atoms with Crippen molar-refractivity contribution in [1.29, 1.82) is 0 Å². The van der Waals surface area contributed by atoms with Crippen LogP contribution in [-0.2, 0) is 26.0 Å². The molecule has 172 valence electrons. The Kier molecular flexibility index (Phi) is 8.04. The number of anilines is 1. The number of rotatable bonds is 7. The zero-order chi connectivity index (χ0) is 23.1. The van der Waals surface area contributed by atoms with Crippen LogP contribution in [0.5, 0.6) is 0 Å². The molecule has 2 amide bonds. The first-order chi connectivity index (χ1) is 15.2. The summed E-state index contributed by atoms with van der Waals surface area (Å²) in [4.78, 5) is 24.5. The zero-order valence-electron chi connectivity index (χ0n) is 18.6. The summed E-state index contributed by atoms with van der Waals surface area (Å²) < 4.78 is 27.9. The van der Waals surface area contributed by atoms with Crippen molar-refractivity contribution in [3.8, 4) is 0 Å². The van der Waals surface area contributed by atoms with Crippen molar-refractivity contribution >= 4 is 27.5 Å². The highest BCUT2D eigenvalue weighted by molar-refractivity contribution is 7.89. The molecule has 0 spiro atoms. The maximum absolute atomic E-state index is 12.6. The molecule has 3 rings (SSSR count). The second-order valence-electron chi connectivity index (χ2n) is 8.38. The zero-order valence-corrected chi connectivity index (χ0v) is 19.4. The molecule has 0 bridgehead atoms. The van der Waals surface area contributed by atoms with Crippen LogP contribution in [0.15, 0.2) is 47.4 Å². The van der Waals surface area contributed by atoms with Gasteiger partial charge in [0.1, 0.15) is 0 Å². The van der Waals surface area contributed by atoms with E-state index in [0.717, 1.165) is 48.8 Å². The van der Waals surface area contributed by atoms with Gasteiger partial charge in [-0.15, -0.1) is 0 Å². The maximum atomic E-state index is 12.6. The van der Waals surface area contributed by atoms with E-state index in [0.29, 0.717) is 12.1 Å². The van der Waals surface area contributed by atoms with Gasteiger partial charge in [0.25, 0.3) is 0 Å². The Hall–Kier alpha value is -2.71. The number of nitrogens with one attached hydrogen (secondary N) is 3. The van der Waals surface area contributed by atoms with Gasteiger partial charge in [0, 0.05) is 18.3 Å². The quantitative estimate of drug-likeness (QED) is 0.555. The van der Waals surface area contributed by atoms with Gasteiger partial charge >= 0.3 is 11.8 Å². The molecule has 0 radical (unpaired) electrons. The number of sulfonamides is 1. The fourth-order valence-electron chi connectivity index (χ4n) is 3.79. The van der Waals surface area contributed by atoms with E-state index >= 15 is 0 Å². The van der Waals surface area contributed by atoms with E-state index in [4.69, 9.17) is 0 Å². The second-order valence-corrected chi connectivity index (χ2v) is 10.1. The minimum Gasteiger partial charge on any atom is -0.347 e. The standard InChI is InChI=1S/C24H31N3O4S/c1-17-8-9-18(2)22(16-17)26-24(29)23(28)25-15-14-19-10-12-21(13-11-19)32(30,31)27-20-6-4-3-5-7-20/h8-13,16,20,27H,3-7,14-15H2,1-2H3,(H,25,28)(H,26,29). The molecule has 1 fully saturated rings. The fraction of sp³-hybridized carbons (Fsp3) is 0.417. The van der Waals surface area contributed by atoms with Crippen LogP contribution in [-0.4, -0.2) is 32.8 Å². The van der Waals surface area contributed by atoms with E-state index in [9.17, 15) is 18.0 Å². The third-order valence-corrected chi connectivity index (χ3v) is 7.24. The van der Waals surface area contributed by atoms with E-state index in [1.165, 1.54) is 0 Å². The van der Waals surface area contributed by atoms with Crippen molar-refractivity contribution < 1.29 is 18.0 Å². The van der Waals surface area contributed by atoms with Gasteiger partial charge in [0.15, 0.2) is 0 Å². The largest absolute Gasteiger partial charge is 0.347 e. The molecule has 2 aromatic rings. The molecular formula is C24H31N3O4S. The van der Waals surface area contributed by atoms with E-state index in [-0.39, 0.29) is 17.5 Å². The molecule has 0 heterocycles. The molecule has 0 aromatic heterocycles. The number of aryl methyl sites for hydroxylation is 2. The van der Waals surface area contributed by atoms with Crippen molar-refractivity contribution in [1.82, 2.24) is 10.0 Å². The van der Waals surface area contributed by atoms with Crippen LogP contribution >= 0.6 is 0 Å². The molecule has 2 aromatic carbocycles. The molecule has 32 heavy (non-hydrogen) atoms. The lowest BCUT2D eigenvalue weighted by Gasteiger charge is -2.22. The summed E-state index contributed by atoms with van der Waals surface area (Å²) in [5, 5.41) is 5.24. The van der Waals surface area contributed by atoms with Crippen molar-refractivity contribution in [2.75, 3.05) is 11.9 Å². The lowest BCUT2D eigenvalue weighted by Crippen LogP contribution is -2.36. The van der Waals surface area contributed by atoms with Gasteiger partial charge in [0.2, 0.25) is 10.0 Å². The number of amides is 2. The molecule has 7 nitrogen and oxygen atoms in total. The highest BCUT2D eigenvalue weighted by Gasteiger charge is 2.21. The predicted octanol–water partition coefficient (Wildman–Crippen LogP) is 3.21. The first kappa shape index (κ1) is 23.9. The molecular weight excluding hydrogens is 426 g/mol. The Morgan fingerprint density at radius 3 is 2.31 bits per heavy atom. The lowest BCUT2D eigenvalue weighted by atomic mass is 9.96. The average Bonchev–Trinajstić information content (AvgIpc) is 2.77. The molecule has 8 heteroatoms. The summed E-state index contributed by atoms with van der Waals surface area (Å²) in [6.45, 7) is 4.05. The first-order valence-electron chi connectivity index (χ1n) is 11.0. The summed E-state index contributed by atoms with van der Waals surface area (Å²) in [6.07, 6.45) is 5.53. The van der Waals surface area contributed by atoms with E-state index in [1.807, 2.05) is 32.0 Å². The number of benzene rings is 2. The maximum Gasteiger partial charge on any atom is 0.313 e.